The zero-order valence-electron chi connectivity index (χ0n) is 20.3. The van der Waals surface area contributed by atoms with Crippen LogP contribution in [0.15, 0.2) is 41.4 Å². The van der Waals surface area contributed by atoms with Gasteiger partial charge in [0.05, 0.1) is 40.1 Å². The van der Waals surface area contributed by atoms with Crippen LogP contribution in [0.25, 0.3) is 10.9 Å². The Balaban J connectivity index is 0.00000190. The quantitative estimate of drug-likeness (QED) is 0.383. The number of methoxy groups -OCH3 is 1. The lowest BCUT2D eigenvalue weighted by Gasteiger charge is -2.36. The van der Waals surface area contributed by atoms with Crippen LogP contribution in [0.4, 0.5) is 5.82 Å². The van der Waals surface area contributed by atoms with E-state index in [1.165, 1.54) is 11.8 Å². The van der Waals surface area contributed by atoms with E-state index in [1.54, 1.807) is 13.3 Å². The predicted molar refractivity (Wildman–Crippen MR) is 153 cm³/mol. The molecule has 3 N–H and O–H groups in total. The lowest BCUT2D eigenvalue weighted by atomic mass is 10.00. The second-order valence-corrected chi connectivity index (χ2v) is 10.3. The molecule has 200 valence electrons. The van der Waals surface area contributed by atoms with E-state index < -0.39 is 6.10 Å². The first-order chi connectivity index (χ1) is 17.0. The van der Waals surface area contributed by atoms with Gasteiger partial charge in [0.25, 0.3) is 0 Å². The van der Waals surface area contributed by atoms with Gasteiger partial charge in [0.2, 0.25) is 5.91 Å². The monoisotopic (exact) mass is 585 g/mol. The van der Waals surface area contributed by atoms with Gasteiger partial charge < -0.3 is 25.4 Å². The van der Waals surface area contributed by atoms with E-state index in [1.807, 2.05) is 30.3 Å². The third-order valence-corrected chi connectivity index (χ3v) is 7.93. The number of carbonyl (C=O) groups excluding carboxylic acids is 1. The van der Waals surface area contributed by atoms with Crippen molar-refractivity contribution in [1.82, 2.24) is 20.2 Å². The first-order valence-corrected chi connectivity index (χ1v) is 13.0. The molecule has 1 saturated heterocycles. The zero-order chi connectivity index (χ0) is 24.4. The van der Waals surface area contributed by atoms with Crippen molar-refractivity contribution in [2.24, 2.45) is 0 Å². The molecule has 5 rings (SSSR count). The lowest BCUT2D eigenvalue weighted by molar-refractivity contribution is -0.113. The van der Waals surface area contributed by atoms with Gasteiger partial charge in [-0.1, -0.05) is 11.6 Å². The highest BCUT2D eigenvalue weighted by Crippen LogP contribution is 2.30. The van der Waals surface area contributed by atoms with Gasteiger partial charge in [0.1, 0.15) is 11.6 Å². The highest BCUT2D eigenvalue weighted by molar-refractivity contribution is 8.00. The number of amides is 1. The van der Waals surface area contributed by atoms with Gasteiger partial charge in [0.15, 0.2) is 0 Å². The molecule has 1 aromatic carbocycles. The number of thioether (sulfide) groups is 1. The van der Waals surface area contributed by atoms with Gasteiger partial charge in [-0.15, -0.1) is 36.6 Å². The number of aliphatic hydroxyl groups excluding tert-OH is 1. The minimum atomic E-state index is -0.485. The maximum Gasteiger partial charge on any atom is 0.235 e. The number of nitrogens with one attached hydrogen (secondary N) is 2. The van der Waals surface area contributed by atoms with E-state index in [9.17, 15) is 9.90 Å². The number of aromatic nitrogens is 2. The standard InChI is InChI=1S/C25H28ClN5O3S.2ClH/c1-34-16-3-4-20-18(10-16)17(19(26)12-28-20)6-8-31-9-7-21(22(32)13-31)27-11-15-2-5-23-25(29-15)30-24(33)14-35-23;;/h2-5,10,12,21-22,27,32H,6-9,11,13-14H2,1H3,(H,29,30,33);2*1H/t21-,22+;;/m0../s1. The molecular weight excluding hydrogens is 557 g/mol. The number of hydrogen-bond donors (Lipinski definition) is 3. The summed E-state index contributed by atoms with van der Waals surface area (Å²) in [5, 5.41) is 18.7. The van der Waals surface area contributed by atoms with Crippen molar-refractivity contribution in [1.29, 1.82) is 0 Å². The van der Waals surface area contributed by atoms with Gasteiger partial charge in [-0.25, -0.2) is 4.98 Å². The summed E-state index contributed by atoms with van der Waals surface area (Å²) in [4.78, 5) is 23.9. The summed E-state index contributed by atoms with van der Waals surface area (Å²) >= 11 is 8.01. The molecule has 2 aliphatic heterocycles. The fraction of sp³-hybridized carbons (Fsp3) is 0.400. The van der Waals surface area contributed by atoms with Crippen LogP contribution in [0.1, 0.15) is 17.7 Å². The SMILES string of the molecule is COc1ccc2ncc(Cl)c(CCN3CC[C@H](NCc4ccc5c(n4)NC(=O)CS5)[C@H](O)C3)c2c1.Cl.Cl. The molecule has 4 heterocycles. The zero-order valence-corrected chi connectivity index (χ0v) is 23.5. The summed E-state index contributed by atoms with van der Waals surface area (Å²) in [7, 11) is 1.65. The van der Waals surface area contributed by atoms with Crippen LogP contribution in [-0.2, 0) is 17.8 Å². The number of β-amino-alcohol motifs (C(OH)–C–C–N with tert-alkyl or cyclic N) is 1. The minimum absolute atomic E-state index is 0. The number of halogens is 3. The Hall–Kier alpha value is -1.85. The fourth-order valence-corrected chi connectivity index (χ4v) is 5.63. The van der Waals surface area contributed by atoms with Gasteiger partial charge in [0, 0.05) is 37.3 Å². The molecule has 3 aromatic rings. The van der Waals surface area contributed by atoms with Crippen LogP contribution in [0.5, 0.6) is 5.75 Å². The number of aliphatic hydroxyl groups is 1. The lowest BCUT2D eigenvalue weighted by Crippen LogP contribution is -2.52. The largest absolute Gasteiger partial charge is 0.497 e. The predicted octanol–water partition coefficient (Wildman–Crippen LogP) is 3.95. The van der Waals surface area contributed by atoms with Crippen LogP contribution >= 0.6 is 48.2 Å². The molecule has 1 fully saturated rings. The highest BCUT2D eigenvalue weighted by atomic mass is 35.5. The molecule has 0 bridgehead atoms. The number of fused-ring (bicyclic) bond motifs is 2. The number of carbonyl (C=O) groups is 1. The van der Waals surface area contributed by atoms with Crippen LogP contribution in [-0.4, -0.2) is 70.5 Å². The van der Waals surface area contributed by atoms with Crippen molar-refractivity contribution in [3.8, 4) is 5.75 Å². The summed E-state index contributed by atoms with van der Waals surface area (Å²) in [5.74, 6) is 1.80. The number of likely N-dealkylation sites (tertiary alicyclic amines) is 1. The number of benzene rings is 1. The van der Waals surface area contributed by atoms with Crippen molar-refractivity contribution < 1.29 is 14.6 Å². The number of rotatable bonds is 7. The number of ether oxygens (including phenoxy) is 1. The van der Waals surface area contributed by atoms with E-state index in [0.717, 1.165) is 58.7 Å². The van der Waals surface area contributed by atoms with Gasteiger partial charge in [-0.3, -0.25) is 9.78 Å². The molecule has 12 heteroatoms. The average molecular weight is 587 g/mol. The molecule has 2 atom stereocenters. The fourth-order valence-electron chi connectivity index (χ4n) is 4.63. The van der Waals surface area contributed by atoms with Crippen LogP contribution in [0.3, 0.4) is 0 Å². The summed E-state index contributed by atoms with van der Waals surface area (Å²) in [6.45, 7) is 2.80. The Bertz CT molecular complexity index is 1250. The topological polar surface area (TPSA) is 99.6 Å². The number of hydrogen-bond acceptors (Lipinski definition) is 8. The van der Waals surface area contributed by atoms with Crippen molar-refractivity contribution in [2.75, 3.05) is 37.8 Å². The normalized spacial score (nSPS) is 19.4. The molecule has 37 heavy (non-hydrogen) atoms. The van der Waals surface area contributed by atoms with Crippen LogP contribution < -0.4 is 15.4 Å². The van der Waals surface area contributed by atoms with E-state index >= 15 is 0 Å². The van der Waals surface area contributed by atoms with E-state index in [2.05, 4.69) is 25.5 Å². The first-order valence-electron chi connectivity index (χ1n) is 11.7. The van der Waals surface area contributed by atoms with Gasteiger partial charge >= 0.3 is 0 Å². The average Bonchev–Trinajstić information content (AvgIpc) is 2.87. The number of pyridine rings is 2. The molecular formula is C25H30Cl3N5O3S. The molecule has 0 radical (unpaired) electrons. The Kier molecular flexibility index (Phi) is 10.7. The van der Waals surface area contributed by atoms with Crippen LogP contribution in [0.2, 0.25) is 5.02 Å². The van der Waals surface area contributed by atoms with Crippen LogP contribution in [0, 0.1) is 0 Å². The smallest absolute Gasteiger partial charge is 0.235 e. The van der Waals surface area contributed by atoms with Gasteiger partial charge in [-0.05, 0) is 55.3 Å². The molecule has 8 nitrogen and oxygen atoms in total. The molecule has 0 aliphatic carbocycles. The second kappa shape index (κ2) is 13.3. The van der Waals surface area contributed by atoms with E-state index in [-0.39, 0.29) is 36.8 Å². The number of nitrogens with zero attached hydrogens (tertiary/aromatic N) is 3. The van der Waals surface area contributed by atoms with Crippen molar-refractivity contribution in [2.45, 2.75) is 36.4 Å². The summed E-state index contributed by atoms with van der Waals surface area (Å²) in [6, 6.07) is 9.77. The third-order valence-electron chi connectivity index (χ3n) is 6.56. The summed E-state index contributed by atoms with van der Waals surface area (Å²) in [5.41, 5.74) is 2.78. The van der Waals surface area contributed by atoms with Crippen molar-refractivity contribution in [3.05, 3.63) is 52.8 Å². The van der Waals surface area contributed by atoms with E-state index in [4.69, 9.17) is 16.3 Å². The number of anilines is 1. The minimum Gasteiger partial charge on any atom is -0.497 e. The maximum absolute atomic E-state index is 11.6. The summed E-state index contributed by atoms with van der Waals surface area (Å²) in [6.07, 6.45) is 2.81. The molecule has 2 aliphatic rings. The Morgan fingerprint density at radius 3 is 2.92 bits per heavy atom. The highest BCUT2D eigenvalue weighted by Gasteiger charge is 2.27. The molecule has 2 aromatic heterocycles. The molecule has 1 amide bonds. The maximum atomic E-state index is 11.6. The Morgan fingerprint density at radius 1 is 1.30 bits per heavy atom. The molecule has 0 unspecified atom stereocenters. The summed E-state index contributed by atoms with van der Waals surface area (Å²) < 4.78 is 5.38. The first kappa shape index (κ1) is 29.7. The number of piperidine rings is 1. The molecule has 0 saturated carbocycles. The van der Waals surface area contributed by atoms with Gasteiger partial charge in [-0.2, -0.15) is 0 Å². The van der Waals surface area contributed by atoms with Crippen molar-refractivity contribution in [3.63, 3.8) is 0 Å². The van der Waals surface area contributed by atoms with Crippen molar-refractivity contribution >= 4 is 70.8 Å². The van der Waals surface area contributed by atoms with E-state index in [0.29, 0.717) is 29.7 Å². The Labute approximate surface area is 237 Å². The molecule has 0 spiro atoms. The Morgan fingerprint density at radius 2 is 2.14 bits per heavy atom. The second-order valence-electron chi connectivity index (χ2n) is 8.85. The third kappa shape index (κ3) is 6.97.